The van der Waals surface area contributed by atoms with Crippen molar-refractivity contribution in [2.45, 2.75) is 25.7 Å². The third kappa shape index (κ3) is 5.53. The molecule has 1 fully saturated rings. The number of nitrogens with one attached hydrogen (secondary N) is 1. The second kappa shape index (κ2) is 8.46. The predicted molar refractivity (Wildman–Crippen MR) is 108 cm³/mol. The lowest BCUT2D eigenvalue weighted by Crippen LogP contribution is -2.30. The lowest BCUT2D eigenvalue weighted by atomic mass is 10.0. The fourth-order valence-corrected chi connectivity index (χ4v) is 5.21. The summed E-state index contributed by atoms with van der Waals surface area (Å²) in [4.78, 5) is 4.60. The Balaban J connectivity index is 1.46. The quantitative estimate of drug-likeness (QED) is 0.616. The predicted octanol–water partition coefficient (Wildman–Crippen LogP) is 3.21. The van der Waals surface area contributed by atoms with Gasteiger partial charge in [0.2, 0.25) is 0 Å². The molecular weight excluding hydrogens is 433 g/mol. The van der Waals surface area contributed by atoms with E-state index in [1.807, 2.05) is 6.07 Å². The molecule has 3 aromatic rings. The maximum absolute atomic E-state index is 12.5. The second-order valence-corrected chi connectivity index (χ2v) is 9.85. The van der Waals surface area contributed by atoms with E-state index in [4.69, 9.17) is 0 Å². The van der Waals surface area contributed by atoms with Crippen LogP contribution in [0, 0.1) is 5.92 Å². The zero-order valence-electron chi connectivity index (χ0n) is 16.5. The molecule has 1 N–H and O–H groups in total. The molecule has 1 aromatic carbocycles. The van der Waals surface area contributed by atoms with Gasteiger partial charge in [0.25, 0.3) is 0 Å². The Morgan fingerprint density at radius 3 is 2.71 bits per heavy atom. The van der Waals surface area contributed by atoms with Gasteiger partial charge in [-0.05, 0) is 49.1 Å². The lowest BCUT2D eigenvalue weighted by Gasteiger charge is -2.22. The molecule has 1 aliphatic heterocycles. The molecule has 11 heteroatoms. The van der Waals surface area contributed by atoms with E-state index in [-0.39, 0.29) is 17.3 Å². The van der Waals surface area contributed by atoms with Crippen molar-refractivity contribution in [3.63, 3.8) is 0 Å². The summed E-state index contributed by atoms with van der Waals surface area (Å²) >= 11 is 0. The highest BCUT2D eigenvalue weighted by Gasteiger charge is 2.31. The molecule has 0 bridgehead atoms. The van der Waals surface area contributed by atoms with Crippen LogP contribution >= 0.6 is 0 Å². The van der Waals surface area contributed by atoms with E-state index in [1.54, 1.807) is 23.0 Å². The smallest absolute Gasteiger partial charge is 0.406 e. The van der Waals surface area contributed by atoms with Gasteiger partial charge in [-0.15, -0.1) is 13.2 Å². The van der Waals surface area contributed by atoms with E-state index in [1.165, 1.54) is 18.2 Å². The van der Waals surface area contributed by atoms with Gasteiger partial charge < -0.3 is 10.1 Å². The van der Waals surface area contributed by atoms with Crippen LogP contribution in [-0.2, 0) is 16.4 Å². The molecule has 2 aromatic heterocycles. The first-order valence-electron chi connectivity index (χ1n) is 9.79. The van der Waals surface area contributed by atoms with E-state index in [0.717, 1.165) is 5.69 Å². The van der Waals surface area contributed by atoms with Gasteiger partial charge in [0.05, 0.1) is 23.4 Å². The molecule has 4 rings (SSSR count). The van der Waals surface area contributed by atoms with E-state index in [9.17, 15) is 21.6 Å². The number of sulfone groups is 1. The van der Waals surface area contributed by atoms with Crippen molar-refractivity contribution in [1.29, 1.82) is 0 Å². The summed E-state index contributed by atoms with van der Waals surface area (Å²) in [5, 5.41) is 7.54. The molecule has 0 radical (unpaired) electrons. The van der Waals surface area contributed by atoms with Crippen LogP contribution < -0.4 is 10.1 Å². The number of rotatable bonds is 6. The summed E-state index contributed by atoms with van der Waals surface area (Å²) in [5.74, 6) is 0.477. The Bertz CT molecular complexity index is 1160. The first-order chi connectivity index (χ1) is 14.7. The molecule has 0 saturated carbocycles. The fourth-order valence-electron chi connectivity index (χ4n) is 3.62. The zero-order valence-corrected chi connectivity index (χ0v) is 17.3. The minimum Gasteiger partial charge on any atom is -0.406 e. The van der Waals surface area contributed by atoms with Crippen LogP contribution in [0.4, 0.5) is 13.2 Å². The SMILES string of the molecule is O=S1(=O)CCC(CNCc2ccn3ncc(-c4cccc(OC(F)(F)F)c4)c3n2)CC1. The number of benzene rings is 1. The topological polar surface area (TPSA) is 85.6 Å². The Morgan fingerprint density at radius 2 is 1.97 bits per heavy atom. The highest BCUT2D eigenvalue weighted by Crippen LogP contribution is 2.29. The number of aromatic nitrogens is 3. The summed E-state index contributed by atoms with van der Waals surface area (Å²) in [6, 6.07) is 7.50. The third-order valence-corrected chi connectivity index (χ3v) is 6.93. The summed E-state index contributed by atoms with van der Waals surface area (Å²) in [6.07, 6.45) is -0.157. The minimum atomic E-state index is -4.76. The van der Waals surface area contributed by atoms with Crippen LogP contribution in [0.5, 0.6) is 5.75 Å². The van der Waals surface area contributed by atoms with Gasteiger partial charge in [-0.25, -0.2) is 17.9 Å². The number of halogens is 3. The average Bonchev–Trinajstić information content (AvgIpc) is 3.11. The number of alkyl halides is 3. The van der Waals surface area contributed by atoms with Crippen LogP contribution in [0.2, 0.25) is 0 Å². The minimum absolute atomic E-state index is 0.236. The number of ether oxygens (including phenoxy) is 1. The van der Waals surface area contributed by atoms with Crippen molar-refractivity contribution in [2.75, 3.05) is 18.1 Å². The number of nitrogens with zero attached hydrogens (tertiary/aromatic N) is 3. The van der Waals surface area contributed by atoms with Gasteiger partial charge in [-0.3, -0.25) is 0 Å². The molecule has 0 spiro atoms. The van der Waals surface area contributed by atoms with Crippen molar-refractivity contribution < 1.29 is 26.3 Å². The molecule has 0 unspecified atom stereocenters. The maximum Gasteiger partial charge on any atom is 0.573 e. The molecule has 1 aliphatic rings. The van der Waals surface area contributed by atoms with Crippen LogP contribution in [0.3, 0.4) is 0 Å². The normalized spacial score (nSPS) is 17.1. The van der Waals surface area contributed by atoms with Crippen molar-refractivity contribution in [2.24, 2.45) is 5.92 Å². The van der Waals surface area contributed by atoms with Crippen molar-refractivity contribution in [1.82, 2.24) is 19.9 Å². The van der Waals surface area contributed by atoms with Crippen molar-refractivity contribution in [3.05, 3.63) is 48.4 Å². The second-order valence-electron chi connectivity index (χ2n) is 7.55. The molecule has 0 aliphatic carbocycles. The summed E-state index contributed by atoms with van der Waals surface area (Å²) in [6.45, 7) is 1.19. The van der Waals surface area contributed by atoms with Crippen molar-refractivity contribution >= 4 is 15.5 Å². The molecular formula is C20H21F3N4O3S. The lowest BCUT2D eigenvalue weighted by molar-refractivity contribution is -0.274. The van der Waals surface area contributed by atoms with Crippen LogP contribution in [0.15, 0.2) is 42.7 Å². The summed E-state index contributed by atoms with van der Waals surface area (Å²) < 4.78 is 66.2. The van der Waals surface area contributed by atoms with Gasteiger partial charge in [0, 0.05) is 18.3 Å². The molecule has 31 heavy (non-hydrogen) atoms. The first kappa shape index (κ1) is 21.6. The monoisotopic (exact) mass is 454 g/mol. The number of fused-ring (bicyclic) bond motifs is 1. The largest absolute Gasteiger partial charge is 0.573 e. The van der Waals surface area contributed by atoms with Crippen molar-refractivity contribution in [3.8, 4) is 16.9 Å². The molecule has 1 saturated heterocycles. The van der Waals surface area contributed by atoms with Gasteiger partial charge >= 0.3 is 6.36 Å². The molecule has 3 heterocycles. The summed E-state index contributed by atoms with van der Waals surface area (Å²) in [7, 11) is -2.88. The fraction of sp³-hybridized carbons (Fsp3) is 0.400. The highest BCUT2D eigenvalue weighted by molar-refractivity contribution is 7.91. The number of hydrogen-bond donors (Lipinski definition) is 1. The van der Waals surface area contributed by atoms with E-state index >= 15 is 0 Å². The maximum atomic E-state index is 12.5. The van der Waals surface area contributed by atoms with Gasteiger partial charge in [-0.1, -0.05) is 12.1 Å². The third-order valence-electron chi connectivity index (χ3n) is 5.22. The van der Waals surface area contributed by atoms with Gasteiger partial charge in [-0.2, -0.15) is 5.10 Å². The first-order valence-corrected chi connectivity index (χ1v) is 11.6. The molecule has 7 nitrogen and oxygen atoms in total. The van der Waals surface area contributed by atoms with Crippen LogP contribution in [0.25, 0.3) is 16.8 Å². The van der Waals surface area contributed by atoms with E-state index < -0.39 is 16.2 Å². The molecule has 0 atom stereocenters. The Hall–Kier alpha value is -2.66. The van der Waals surface area contributed by atoms with E-state index in [2.05, 4.69) is 20.1 Å². The Labute approximate surface area is 177 Å². The van der Waals surface area contributed by atoms with Crippen LogP contribution in [0.1, 0.15) is 18.5 Å². The molecule has 0 amide bonds. The van der Waals surface area contributed by atoms with Gasteiger partial charge in [0.1, 0.15) is 15.6 Å². The van der Waals surface area contributed by atoms with Gasteiger partial charge in [0.15, 0.2) is 5.65 Å². The molecule has 166 valence electrons. The summed E-state index contributed by atoms with van der Waals surface area (Å²) in [5.41, 5.74) is 2.37. The zero-order chi connectivity index (χ0) is 22.1. The Morgan fingerprint density at radius 1 is 1.19 bits per heavy atom. The number of hydrogen-bond acceptors (Lipinski definition) is 6. The average molecular weight is 454 g/mol. The standard InChI is InChI=1S/C20H21F3N4O3S/c21-20(22,23)30-17-3-1-2-15(10-17)18-13-25-27-7-4-16(26-19(18)27)12-24-11-14-5-8-31(28,29)9-6-14/h1-4,7,10,13-14,24H,5-6,8-9,11-12H2. The Kier molecular flexibility index (Phi) is 5.89. The van der Waals surface area contributed by atoms with Crippen LogP contribution in [-0.4, -0.2) is 47.4 Å². The highest BCUT2D eigenvalue weighted by atomic mass is 32.2. The van der Waals surface area contributed by atoms with E-state index in [0.29, 0.717) is 48.6 Å².